The van der Waals surface area contributed by atoms with E-state index in [0.29, 0.717) is 12.0 Å². The standard InChI is InChI=1S/C17H34N2O2/c1-13(16(2,3)4)18-12-14-8-10-19(11-9-14)15(20)21-17(5,6)7/h13-14,18H,8-12H2,1-7H3. The predicted octanol–water partition coefficient (Wildman–Crippen LogP) is 3.66. The van der Waals surface area contributed by atoms with E-state index < -0.39 is 5.60 Å². The molecule has 124 valence electrons. The van der Waals surface area contributed by atoms with Crippen molar-refractivity contribution in [3.63, 3.8) is 0 Å². The summed E-state index contributed by atoms with van der Waals surface area (Å²) in [6, 6.07) is 0.501. The van der Waals surface area contributed by atoms with Crippen molar-refractivity contribution in [1.82, 2.24) is 10.2 Å². The fourth-order valence-corrected chi connectivity index (χ4v) is 2.30. The van der Waals surface area contributed by atoms with Gasteiger partial charge in [0.1, 0.15) is 5.60 Å². The normalized spacial score (nSPS) is 19.5. The summed E-state index contributed by atoms with van der Waals surface area (Å²) in [7, 11) is 0. The van der Waals surface area contributed by atoms with E-state index in [4.69, 9.17) is 4.74 Å². The lowest BCUT2D eigenvalue weighted by molar-refractivity contribution is 0.0182. The minimum absolute atomic E-state index is 0.169. The maximum atomic E-state index is 12.0. The molecule has 1 rings (SSSR count). The number of likely N-dealkylation sites (tertiary alicyclic amines) is 1. The zero-order chi connectivity index (χ0) is 16.3. The number of nitrogens with one attached hydrogen (secondary N) is 1. The Kier molecular flexibility index (Phi) is 6.09. The van der Waals surface area contributed by atoms with E-state index >= 15 is 0 Å². The van der Waals surface area contributed by atoms with Crippen LogP contribution < -0.4 is 5.32 Å². The Hall–Kier alpha value is -0.770. The molecule has 1 aliphatic rings. The number of carbonyl (C=O) groups is 1. The molecule has 1 saturated heterocycles. The fourth-order valence-electron chi connectivity index (χ4n) is 2.30. The summed E-state index contributed by atoms with van der Waals surface area (Å²) in [6.07, 6.45) is 1.95. The number of ether oxygens (including phenoxy) is 1. The largest absolute Gasteiger partial charge is 0.444 e. The molecule has 1 aliphatic heterocycles. The molecule has 0 aromatic rings. The van der Waals surface area contributed by atoms with E-state index in [2.05, 4.69) is 33.0 Å². The molecule has 1 fully saturated rings. The lowest BCUT2D eigenvalue weighted by Crippen LogP contribution is -2.45. The first-order valence-electron chi connectivity index (χ1n) is 8.20. The average Bonchev–Trinajstić information content (AvgIpc) is 2.33. The predicted molar refractivity (Wildman–Crippen MR) is 87.5 cm³/mol. The van der Waals surface area contributed by atoms with Gasteiger partial charge in [-0.1, -0.05) is 20.8 Å². The molecule has 4 nitrogen and oxygen atoms in total. The van der Waals surface area contributed by atoms with Crippen LogP contribution in [0.25, 0.3) is 0 Å². The molecule has 21 heavy (non-hydrogen) atoms. The maximum Gasteiger partial charge on any atom is 0.410 e. The van der Waals surface area contributed by atoms with Gasteiger partial charge in [0.05, 0.1) is 0 Å². The van der Waals surface area contributed by atoms with Gasteiger partial charge in [0.2, 0.25) is 0 Å². The highest BCUT2D eigenvalue weighted by molar-refractivity contribution is 5.68. The molecule has 0 spiro atoms. The molecular formula is C17H34N2O2. The summed E-state index contributed by atoms with van der Waals surface area (Å²) in [6.45, 7) is 17.4. The van der Waals surface area contributed by atoms with Crippen molar-refractivity contribution < 1.29 is 9.53 Å². The Morgan fingerprint density at radius 3 is 2.14 bits per heavy atom. The summed E-state index contributed by atoms with van der Waals surface area (Å²) in [4.78, 5) is 13.8. The summed E-state index contributed by atoms with van der Waals surface area (Å²) in [5.41, 5.74) is -0.116. The van der Waals surface area contributed by atoms with Crippen molar-refractivity contribution in [2.45, 2.75) is 73.0 Å². The Balaban J connectivity index is 2.31. The molecule has 0 aliphatic carbocycles. The van der Waals surface area contributed by atoms with Crippen molar-refractivity contribution in [2.24, 2.45) is 11.3 Å². The third-order valence-electron chi connectivity index (χ3n) is 4.28. The summed E-state index contributed by atoms with van der Waals surface area (Å²) in [5.74, 6) is 0.661. The Bertz CT molecular complexity index is 334. The molecule has 1 heterocycles. The van der Waals surface area contributed by atoms with Crippen LogP contribution in [0.15, 0.2) is 0 Å². The van der Waals surface area contributed by atoms with Gasteiger partial charge in [-0.05, 0) is 58.4 Å². The second kappa shape index (κ2) is 6.99. The molecule has 0 saturated carbocycles. The van der Waals surface area contributed by atoms with Crippen LogP contribution in [-0.4, -0.2) is 42.3 Å². The summed E-state index contributed by atoms with van der Waals surface area (Å²) < 4.78 is 5.43. The first kappa shape index (κ1) is 18.3. The molecule has 0 aromatic carbocycles. The minimum Gasteiger partial charge on any atom is -0.444 e. The first-order valence-corrected chi connectivity index (χ1v) is 8.20. The van der Waals surface area contributed by atoms with Crippen LogP contribution in [0.1, 0.15) is 61.3 Å². The molecule has 1 atom stereocenters. The van der Waals surface area contributed by atoms with Crippen molar-refractivity contribution in [3.05, 3.63) is 0 Å². The number of amides is 1. The molecule has 0 bridgehead atoms. The molecule has 0 radical (unpaired) electrons. The van der Waals surface area contributed by atoms with E-state index in [0.717, 1.165) is 32.5 Å². The van der Waals surface area contributed by atoms with E-state index in [-0.39, 0.29) is 11.5 Å². The topological polar surface area (TPSA) is 41.6 Å². The first-order chi connectivity index (χ1) is 9.49. The molecule has 1 amide bonds. The number of piperidine rings is 1. The Morgan fingerprint density at radius 1 is 1.19 bits per heavy atom. The van der Waals surface area contributed by atoms with Crippen molar-refractivity contribution in [2.75, 3.05) is 19.6 Å². The number of carbonyl (C=O) groups excluding carboxylic acids is 1. The van der Waals surface area contributed by atoms with E-state index in [1.165, 1.54) is 0 Å². The second-order valence-corrected chi connectivity index (χ2v) is 8.41. The third kappa shape index (κ3) is 6.68. The lowest BCUT2D eigenvalue weighted by atomic mass is 9.87. The molecular weight excluding hydrogens is 264 g/mol. The van der Waals surface area contributed by atoms with Gasteiger partial charge in [-0.15, -0.1) is 0 Å². The van der Waals surface area contributed by atoms with Gasteiger partial charge in [0, 0.05) is 19.1 Å². The SMILES string of the molecule is CC(NCC1CCN(C(=O)OC(C)(C)C)CC1)C(C)(C)C. The van der Waals surface area contributed by atoms with Gasteiger partial charge in [-0.2, -0.15) is 0 Å². The third-order valence-corrected chi connectivity index (χ3v) is 4.28. The van der Waals surface area contributed by atoms with E-state index in [9.17, 15) is 4.79 Å². The quantitative estimate of drug-likeness (QED) is 0.864. The van der Waals surface area contributed by atoms with Crippen LogP contribution >= 0.6 is 0 Å². The molecule has 1 unspecified atom stereocenters. The van der Waals surface area contributed by atoms with Gasteiger partial charge in [0.15, 0.2) is 0 Å². The Labute approximate surface area is 130 Å². The lowest BCUT2D eigenvalue weighted by Gasteiger charge is -2.35. The number of hydrogen-bond donors (Lipinski definition) is 1. The van der Waals surface area contributed by atoms with Crippen LogP contribution in [0, 0.1) is 11.3 Å². The zero-order valence-corrected chi connectivity index (χ0v) is 15.0. The molecule has 4 heteroatoms. The van der Waals surface area contributed by atoms with Crippen LogP contribution in [0.2, 0.25) is 0 Å². The number of rotatable bonds is 3. The van der Waals surface area contributed by atoms with Gasteiger partial charge in [-0.25, -0.2) is 4.79 Å². The zero-order valence-electron chi connectivity index (χ0n) is 15.0. The smallest absolute Gasteiger partial charge is 0.410 e. The van der Waals surface area contributed by atoms with Crippen LogP contribution in [-0.2, 0) is 4.74 Å². The molecule has 0 aromatic heterocycles. The number of hydrogen-bond acceptors (Lipinski definition) is 3. The van der Waals surface area contributed by atoms with Crippen LogP contribution in [0.5, 0.6) is 0 Å². The average molecular weight is 298 g/mol. The second-order valence-electron chi connectivity index (χ2n) is 8.41. The van der Waals surface area contributed by atoms with Gasteiger partial charge in [-0.3, -0.25) is 0 Å². The number of nitrogens with zero attached hydrogens (tertiary/aromatic N) is 1. The van der Waals surface area contributed by atoms with Crippen molar-refractivity contribution in [1.29, 1.82) is 0 Å². The van der Waals surface area contributed by atoms with Crippen molar-refractivity contribution in [3.8, 4) is 0 Å². The monoisotopic (exact) mass is 298 g/mol. The fraction of sp³-hybridized carbons (Fsp3) is 0.941. The highest BCUT2D eigenvalue weighted by Crippen LogP contribution is 2.22. The van der Waals surface area contributed by atoms with Crippen molar-refractivity contribution >= 4 is 6.09 Å². The van der Waals surface area contributed by atoms with E-state index in [1.54, 1.807) is 0 Å². The van der Waals surface area contributed by atoms with Gasteiger partial charge >= 0.3 is 6.09 Å². The highest BCUT2D eigenvalue weighted by atomic mass is 16.6. The summed E-state index contributed by atoms with van der Waals surface area (Å²) >= 11 is 0. The Morgan fingerprint density at radius 2 is 1.71 bits per heavy atom. The minimum atomic E-state index is -0.405. The van der Waals surface area contributed by atoms with Crippen LogP contribution in [0.3, 0.4) is 0 Å². The van der Waals surface area contributed by atoms with Gasteiger partial charge in [0.25, 0.3) is 0 Å². The maximum absolute atomic E-state index is 12.0. The highest BCUT2D eigenvalue weighted by Gasteiger charge is 2.27. The summed E-state index contributed by atoms with van der Waals surface area (Å²) in [5, 5.41) is 3.64. The van der Waals surface area contributed by atoms with Gasteiger partial charge < -0.3 is 15.0 Å². The van der Waals surface area contributed by atoms with E-state index in [1.807, 2.05) is 25.7 Å². The molecule has 1 N–H and O–H groups in total. The van der Waals surface area contributed by atoms with Crippen LogP contribution in [0.4, 0.5) is 4.79 Å².